The Morgan fingerprint density at radius 1 is 1.08 bits per heavy atom. The lowest BCUT2D eigenvalue weighted by molar-refractivity contribution is 0.0827. The van der Waals surface area contributed by atoms with Gasteiger partial charge < -0.3 is 4.42 Å². The lowest BCUT2D eigenvalue weighted by Gasteiger charge is -2.11. The summed E-state index contributed by atoms with van der Waals surface area (Å²) >= 11 is 1.42. The van der Waals surface area contributed by atoms with Crippen molar-refractivity contribution in [3.05, 3.63) is 66.4 Å². The van der Waals surface area contributed by atoms with Crippen molar-refractivity contribution in [1.29, 1.82) is 0 Å². The van der Waals surface area contributed by atoms with Crippen molar-refractivity contribution in [2.75, 3.05) is 6.26 Å². The molecule has 2 amide bonds. The van der Waals surface area contributed by atoms with Crippen molar-refractivity contribution in [2.24, 2.45) is 0 Å². The van der Waals surface area contributed by atoms with Gasteiger partial charge in [0.25, 0.3) is 5.91 Å². The van der Waals surface area contributed by atoms with E-state index in [-0.39, 0.29) is 5.76 Å². The molecule has 0 atom stereocenters. The fourth-order valence-electron chi connectivity index (χ4n) is 2.11. The SMILES string of the molecule is CSc1ncc(C(=O)NNC(=O)c2ccco2)n1-c1ccccc1. The van der Waals surface area contributed by atoms with Crippen LogP contribution in [-0.2, 0) is 0 Å². The fourth-order valence-corrected chi connectivity index (χ4v) is 2.66. The summed E-state index contributed by atoms with van der Waals surface area (Å²) in [6.45, 7) is 0. The van der Waals surface area contributed by atoms with E-state index in [0.29, 0.717) is 10.9 Å². The van der Waals surface area contributed by atoms with E-state index in [1.165, 1.54) is 30.3 Å². The molecule has 0 spiro atoms. The molecule has 2 aromatic heterocycles. The topological polar surface area (TPSA) is 89.2 Å². The van der Waals surface area contributed by atoms with E-state index >= 15 is 0 Å². The first kappa shape index (κ1) is 15.9. The fraction of sp³-hybridized carbons (Fsp3) is 0.0625. The van der Waals surface area contributed by atoms with Crippen LogP contribution in [0, 0.1) is 0 Å². The van der Waals surface area contributed by atoms with E-state index < -0.39 is 11.8 Å². The maximum atomic E-state index is 12.4. The number of para-hydroxylation sites is 1. The third kappa shape index (κ3) is 3.18. The van der Waals surface area contributed by atoms with E-state index in [9.17, 15) is 9.59 Å². The van der Waals surface area contributed by atoms with Crippen molar-refractivity contribution in [2.45, 2.75) is 5.16 Å². The van der Waals surface area contributed by atoms with Gasteiger partial charge in [-0.1, -0.05) is 30.0 Å². The zero-order chi connectivity index (χ0) is 16.9. The molecule has 0 bridgehead atoms. The van der Waals surface area contributed by atoms with Gasteiger partial charge in [0, 0.05) is 5.69 Å². The number of carbonyl (C=O) groups is 2. The van der Waals surface area contributed by atoms with E-state index in [2.05, 4.69) is 15.8 Å². The number of nitrogens with one attached hydrogen (secondary N) is 2. The van der Waals surface area contributed by atoms with E-state index in [0.717, 1.165) is 5.69 Å². The molecule has 24 heavy (non-hydrogen) atoms. The minimum absolute atomic E-state index is 0.108. The zero-order valence-corrected chi connectivity index (χ0v) is 13.5. The van der Waals surface area contributed by atoms with Crippen LogP contribution in [0.1, 0.15) is 21.0 Å². The second-order valence-electron chi connectivity index (χ2n) is 4.69. The Morgan fingerprint density at radius 3 is 2.50 bits per heavy atom. The number of amides is 2. The quantitative estimate of drug-likeness (QED) is 0.561. The lowest BCUT2D eigenvalue weighted by atomic mass is 10.3. The van der Waals surface area contributed by atoms with Crippen LogP contribution < -0.4 is 10.9 Å². The third-order valence-corrected chi connectivity index (χ3v) is 3.85. The van der Waals surface area contributed by atoms with Crippen molar-refractivity contribution >= 4 is 23.6 Å². The average Bonchev–Trinajstić information content (AvgIpc) is 3.29. The molecule has 122 valence electrons. The van der Waals surface area contributed by atoms with Crippen molar-refractivity contribution in [3.63, 3.8) is 0 Å². The number of hydrazine groups is 1. The number of nitrogens with zero attached hydrogens (tertiary/aromatic N) is 2. The molecule has 0 radical (unpaired) electrons. The number of benzene rings is 1. The Balaban J connectivity index is 1.80. The second kappa shape index (κ2) is 7.05. The van der Waals surface area contributed by atoms with Gasteiger partial charge in [0.15, 0.2) is 10.9 Å². The van der Waals surface area contributed by atoms with Gasteiger partial charge in [0.2, 0.25) is 0 Å². The molecule has 0 saturated carbocycles. The Hall–Kier alpha value is -3.00. The minimum atomic E-state index is -0.538. The standard InChI is InChI=1S/C16H14N4O3S/c1-24-16-17-10-12(20(16)11-6-3-2-4-7-11)14(21)18-19-15(22)13-8-5-9-23-13/h2-10H,1H3,(H,18,21)(H,19,22). The summed E-state index contributed by atoms with van der Waals surface area (Å²) in [6, 6.07) is 12.5. The number of aromatic nitrogens is 2. The van der Waals surface area contributed by atoms with Gasteiger partial charge in [-0.25, -0.2) is 4.98 Å². The molecule has 3 aromatic rings. The molecular weight excluding hydrogens is 328 g/mol. The summed E-state index contributed by atoms with van der Waals surface area (Å²) in [5, 5.41) is 0.670. The molecule has 0 aliphatic carbocycles. The van der Waals surface area contributed by atoms with Crippen molar-refractivity contribution in [1.82, 2.24) is 20.4 Å². The van der Waals surface area contributed by atoms with Crippen LogP contribution in [0.3, 0.4) is 0 Å². The minimum Gasteiger partial charge on any atom is -0.459 e. The number of hydrogen-bond donors (Lipinski definition) is 2. The molecule has 0 unspecified atom stereocenters. The maximum Gasteiger partial charge on any atom is 0.305 e. The number of rotatable bonds is 4. The molecule has 3 rings (SSSR count). The Morgan fingerprint density at radius 2 is 1.83 bits per heavy atom. The maximum absolute atomic E-state index is 12.4. The smallest absolute Gasteiger partial charge is 0.305 e. The summed E-state index contributed by atoms with van der Waals surface area (Å²) in [6.07, 6.45) is 4.72. The summed E-state index contributed by atoms with van der Waals surface area (Å²) in [5.41, 5.74) is 5.79. The molecular formula is C16H14N4O3S. The number of furan rings is 1. The Labute approximate surface area is 142 Å². The Bertz CT molecular complexity index is 844. The van der Waals surface area contributed by atoms with Crippen molar-refractivity contribution < 1.29 is 14.0 Å². The highest BCUT2D eigenvalue weighted by Gasteiger charge is 2.18. The van der Waals surface area contributed by atoms with Crippen LogP contribution in [0.4, 0.5) is 0 Å². The van der Waals surface area contributed by atoms with Gasteiger partial charge in [-0.15, -0.1) is 0 Å². The molecule has 0 aliphatic rings. The number of imidazole rings is 1. The normalized spacial score (nSPS) is 10.4. The van der Waals surface area contributed by atoms with E-state index in [1.807, 2.05) is 36.6 Å². The van der Waals surface area contributed by atoms with Crippen LogP contribution in [0.25, 0.3) is 5.69 Å². The van der Waals surface area contributed by atoms with Gasteiger partial charge in [0.1, 0.15) is 5.69 Å². The highest BCUT2D eigenvalue weighted by Crippen LogP contribution is 2.21. The molecule has 0 saturated heterocycles. The highest BCUT2D eigenvalue weighted by molar-refractivity contribution is 7.98. The Kier molecular flexibility index (Phi) is 4.66. The molecule has 0 fully saturated rings. The predicted octanol–water partition coefficient (Wildman–Crippen LogP) is 2.26. The van der Waals surface area contributed by atoms with Gasteiger partial charge in [-0.2, -0.15) is 0 Å². The number of carbonyl (C=O) groups excluding carboxylic acids is 2. The molecule has 0 aliphatic heterocycles. The van der Waals surface area contributed by atoms with Crippen LogP contribution >= 0.6 is 11.8 Å². The average molecular weight is 342 g/mol. The largest absolute Gasteiger partial charge is 0.459 e. The summed E-state index contributed by atoms with van der Waals surface area (Å²) < 4.78 is 6.68. The third-order valence-electron chi connectivity index (χ3n) is 3.19. The van der Waals surface area contributed by atoms with Gasteiger partial charge >= 0.3 is 5.91 Å². The van der Waals surface area contributed by atoms with Gasteiger partial charge in [-0.05, 0) is 30.5 Å². The second-order valence-corrected chi connectivity index (χ2v) is 5.46. The van der Waals surface area contributed by atoms with E-state index in [1.54, 1.807) is 10.6 Å². The summed E-state index contributed by atoms with van der Waals surface area (Å²) in [7, 11) is 0. The number of hydrogen-bond acceptors (Lipinski definition) is 5. The zero-order valence-electron chi connectivity index (χ0n) is 12.7. The number of thioether (sulfide) groups is 1. The highest BCUT2D eigenvalue weighted by atomic mass is 32.2. The van der Waals surface area contributed by atoms with Gasteiger partial charge in [-0.3, -0.25) is 25.0 Å². The monoisotopic (exact) mass is 342 g/mol. The molecule has 7 nitrogen and oxygen atoms in total. The summed E-state index contributed by atoms with van der Waals surface area (Å²) in [5.74, 6) is -0.910. The van der Waals surface area contributed by atoms with Crippen molar-refractivity contribution in [3.8, 4) is 5.69 Å². The van der Waals surface area contributed by atoms with Crippen LogP contribution in [0.2, 0.25) is 0 Å². The van der Waals surface area contributed by atoms with Crippen LogP contribution in [0.15, 0.2) is 64.5 Å². The molecule has 1 aromatic carbocycles. The summed E-state index contributed by atoms with van der Waals surface area (Å²) in [4.78, 5) is 28.5. The first-order valence-corrected chi connectivity index (χ1v) is 8.24. The molecule has 2 N–H and O–H groups in total. The lowest BCUT2D eigenvalue weighted by Crippen LogP contribution is -2.42. The molecule has 8 heteroatoms. The molecule has 2 heterocycles. The first-order valence-electron chi connectivity index (χ1n) is 7.02. The van der Waals surface area contributed by atoms with Crippen LogP contribution in [-0.4, -0.2) is 27.6 Å². The van der Waals surface area contributed by atoms with Crippen LogP contribution in [0.5, 0.6) is 0 Å². The predicted molar refractivity (Wildman–Crippen MR) is 89.0 cm³/mol. The van der Waals surface area contributed by atoms with E-state index in [4.69, 9.17) is 4.42 Å². The van der Waals surface area contributed by atoms with Gasteiger partial charge in [0.05, 0.1) is 12.5 Å². The first-order chi connectivity index (χ1) is 11.7.